The van der Waals surface area contributed by atoms with E-state index < -0.39 is 0 Å². The van der Waals surface area contributed by atoms with Gasteiger partial charge >= 0.3 is 0 Å². The molecule has 0 aliphatic heterocycles. The van der Waals surface area contributed by atoms with Crippen molar-refractivity contribution in [1.29, 1.82) is 5.26 Å². The Bertz CT molecular complexity index is 547. The molecule has 0 saturated carbocycles. The topological polar surface area (TPSA) is 90.5 Å². The van der Waals surface area contributed by atoms with Gasteiger partial charge in [-0.15, -0.1) is 0 Å². The molecule has 1 aromatic heterocycles. The zero-order valence-corrected chi connectivity index (χ0v) is 9.49. The highest BCUT2D eigenvalue weighted by atomic mass is 15.1. The number of nitrogens with one attached hydrogen (secondary N) is 2. The number of nitrogens with zero attached hydrogens (tertiary/aromatic N) is 2. The fraction of sp³-hybridized carbons (Fsp3) is 0.167. The summed E-state index contributed by atoms with van der Waals surface area (Å²) in [4.78, 5) is 7.14. The number of benzene rings is 1. The van der Waals surface area contributed by atoms with E-state index in [1.165, 1.54) is 0 Å². The Kier molecular flexibility index (Phi) is 2.97. The van der Waals surface area contributed by atoms with Crippen molar-refractivity contribution in [3.63, 3.8) is 0 Å². The smallest absolute Gasteiger partial charge is 0.173 e. The first-order valence-electron chi connectivity index (χ1n) is 5.24. The van der Waals surface area contributed by atoms with Crippen molar-refractivity contribution >= 4 is 17.3 Å². The standard InChI is InChI=1S/C12H13N5/c1-8-15-11(14)12(16-8)17-10-4-2-9(3-5-10)6-7-13/h2-5,17H,6,14H2,1H3,(H,15,16). The summed E-state index contributed by atoms with van der Waals surface area (Å²) in [6.45, 7) is 1.84. The summed E-state index contributed by atoms with van der Waals surface area (Å²) in [6.07, 6.45) is 0.421. The second kappa shape index (κ2) is 4.58. The fourth-order valence-corrected chi connectivity index (χ4v) is 1.54. The van der Waals surface area contributed by atoms with Crippen molar-refractivity contribution in [2.45, 2.75) is 13.3 Å². The Hall–Kier alpha value is -2.48. The molecule has 0 spiro atoms. The summed E-state index contributed by atoms with van der Waals surface area (Å²) in [7, 11) is 0. The summed E-state index contributed by atoms with van der Waals surface area (Å²) in [5.41, 5.74) is 7.63. The van der Waals surface area contributed by atoms with Crippen molar-refractivity contribution in [2.75, 3.05) is 11.1 Å². The van der Waals surface area contributed by atoms with Crippen LogP contribution in [0, 0.1) is 18.3 Å². The number of aryl methyl sites for hydroxylation is 1. The lowest BCUT2D eigenvalue weighted by Crippen LogP contribution is -1.95. The molecule has 0 radical (unpaired) electrons. The Morgan fingerprint density at radius 3 is 2.65 bits per heavy atom. The maximum Gasteiger partial charge on any atom is 0.173 e. The minimum absolute atomic E-state index is 0.421. The minimum atomic E-state index is 0.421. The fourth-order valence-electron chi connectivity index (χ4n) is 1.54. The number of rotatable bonds is 3. The molecule has 0 atom stereocenters. The number of hydrogen-bond donors (Lipinski definition) is 3. The van der Waals surface area contributed by atoms with Gasteiger partial charge in [-0.25, -0.2) is 4.98 Å². The van der Waals surface area contributed by atoms with Gasteiger partial charge in [-0.1, -0.05) is 12.1 Å². The Morgan fingerprint density at radius 2 is 2.12 bits per heavy atom. The maximum absolute atomic E-state index is 8.57. The molecule has 86 valence electrons. The number of nitriles is 1. The van der Waals surface area contributed by atoms with Crippen molar-refractivity contribution in [1.82, 2.24) is 9.97 Å². The van der Waals surface area contributed by atoms with Gasteiger partial charge in [0.1, 0.15) is 11.6 Å². The van der Waals surface area contributed by atoms with Crippen LogP contribution in [0.15, 0.2) is 24.3 Å². The van der Waals surface area contributed by atoms with Gasteiger partial charge in [0, 0.05) is 5.69 Å². The van der Waals surface area contributed by atoms with Crippen LogP contribution in [0.25, 0.3) is 0 Å². The predicted octanol–water partition coefficient (Wildman–Crippen LogP) is 2.11. The molecular weight excluding hydrogens is 214 g/mol. The van der Waals surface area contributed by atoms with E-state index in [1.807, 2.05) is 31.2 Å². The molecule has 2 aromatic rings. The van der Waals surface area contributed by atoms with E-state index in [4.69, 9.17) is 11.0 Å². The Morgan fingerprint density at radius 1 is 1.41 bits per heavy atom. The van der Waals surface area contributed by atoms with Crippen LogP contribution in [0.4, 0.5) is 17.3 Å². The van der Waals surface area contributed by atoms with Crippen LogP contribution in [-0.4, -0.2) is 9.97 Å². The highest BCUT2D eigenvalue weighted by molar-refractivity contribution is 5.66. The minimum Gasteiger partial charge on any atom is -0.382 e. The molecule has 5 nitrogen and oxygen atoms in total. The molecule has 4 N–H and O–H groups in total. The SMILES string of the molecule is Cc1nc(Nc2ccc(CC#N)cc2)c(N)[nH]1. The van der Waals surface area contributed by atoms with E-state index in [9.17, 15) is 0 Å². The lowest BCUT2D eigenvalue weighted by Gasteiger charge is -2.04. The zero-order valence-electron chi connectivity index (χ0n) is 9.49. The van der Waals surface area contributed by atoms with Crippen LogP contribution in [-0.2, 0) is 6.42 Å². The third kappa shape index (κ3) is 2.55. The molecule has 1 heterocycles. The number of aromatic nitrogens is 2. The van der Waals surface area contributed by atoms with Crippen LogP contribution >= 0.6 is 0 Å². The molecule has 0 bridgehead atoms. The van der Waals surface area contributed by atoms with Crippen LogP contribution in [0.1, 0.15) is 11.4 Å². The predicted molar refractivity (Wildman–Crippen MR) is 66.8 cm³/mol. The first-order valence-corrected chi connectivity index (χ1v) is 5.24. The molecule has 0 saturated heterocycles. The van der Waals surface area contributed by atoms with Gasteiger partial charge < -0.3 is 16.0 Å². The molecular formula is C12H13N5. The Balaban J connectivity index is 2.14. The first kappa shape index (κ1) is 11.0. The monoisotopic (exact) mass is 227 g/mol. The third-order valence-corrected chi connectivity index (χ3v) is 2.35. The Labute approximate surface area is 99.3 Å². The number of anilines is 3. The molecule has 17 heavy (non-hydrogen) atoms. The summed E-state index contributed by atoms with van der Waals surface area (Å²) in [5.74, 6) is 1.91. The number of aromatic amines is 1. The quantitative estimate of drug-likeness (QED) is 0.749. The number of imidazole rings is 1. The average molecular weight is 227 g/mol. The van der Waals surface area contributed by atoms with Gasteiger partial charge in [0.05, 0.1) is 12.5 Å². The van der Waals surface area contributed by atoms with Gasteiger partial charge in [0.2, 0.25) is 0 Å². The van der Waals surface area contributed by atoms with Gasteiger partial charge in [-0.05, 0) is 24.6 Å². The largest absolute Gasteiger partial charge is 0.382 e. The van der Waals surface area contributed by atoms with Crippen LogP contribution in [0.5, 0.6) is 0 Å². The number of hydrogen-bond acceptors (Lipinski definition) is 4. The van der Waals surface area contributed by atoms with E-state index in [0.717, 1.165) is 17.1 Å². The summed E-state index contributed by atoms with van der Waals surface area (Å²) < 4.78 is 0. The lowest BCUT2D eigenvalue weighted by molar-refractivity contribution is 1.15. The number of H-pyrrole nitrogens is 1. The van der Waals surface area contributed by atoms with Gasteiger partial charge in [-0.2, -0.15) is 5.26 Å². The summed E-state index contributed by atoms with van der Waals surface area (Å²) in [6, 6.07) is 9.71. The van der Waals surface area contributed by atoms with Crippen LogP contribution in [0.3, 0.4) is 0 Å². The van der Waals surface area contributed by atoms with E-state index in [-0.39, 0.29) is 0 Å². The van der Waals surface area contributed by atoms with E-state index in [2.05, 4.69) is 21.4 Å². The average Bonchev–Trinajstić information content (AvgIpc) is 2.61. The lowest BCUT2D eigenvalue weighted by atomic mass is 10.1. The van der Waals surface area contributed by atoms with Gasteiger partial charge in [-0.3, -0.25) is 0 Å². The molecule has 0 amide bonds. The van der Waals surface area contributed by atoms with E-state index >= 15 is 0 Å². The molecule has 0 aliphatic rings. The van der Waals surface area contributed by atoms with Crippen molar-refractivity contribution in [2.24, 2.45) is 0 Å². The maximum atomic E-state index is 8.57. The van der Waals surface area contributed by atoms with Crippen molar-refractivity contribution < 1.29 is 0 Å². The van der Waals surface area contributed by atoms with E-state index in [1.54, 1.807) is 0 Å². The first-order chi connectivity index (χ1) is 8.19. The molecule has 1 aromatic carbocycles. The molecule has 0 fully saturated rings. The van der Waals surface area contributed by atoms with Crippen molar-refractivity contribution in [3.05, 3.63) is 35.7 Å². The van der Waals surface area contributed by atoms with E-state index in [0.29, 0.717) is 18.1 Å². The number of nitrogens with two attached hydrogens (primary N) is 1. The number of nitrogen functional groups attached to an aromatic ring is 1. The highest BCUT2D eigenvalue weighted by Gasteiger charge is 2.04. The zero-order chi connectivity index (χ0) is 12.3. The molecule has 0 unspecified atom stereocenters. The molecule has 0 aliphatic carbocycles. The normalized spacial score (nSPS) is 9.88. The highest BCUT2D eigenvalue weighted by Crippen LogP contribution is 2.20. The summed E-state index contributed by atoms with van der Waals surface area (Å²) in [5, 5.41) is 11.7. The van der Waals surface area contributed by atoms with Gasteiger partial charge in [0.15, 0.2) is 5.82 Å². The second-order valence-corrected chi connectivity index (χ2v) is 3.74. The molecule has 5 heteroatoms. The third-order valence-electron chi connectivity index (χ3n) is 2.35. The summed E-state index contributed by atoms with van der Waals surface area (Å²) >= 11 is 0. The van der Waals surface area contributed by atoms with Gasteiger partial charge in [0.25, 0.3) is 0 Å². The van der Waals surface area contributed by atoms with Crippen LogP contribution < -0.4 is 11.1 Å². The molecule has 2 rings (SSSR count). The van der Waals surface area contributed by atoms with Crippen molar-refractivity contribution in [3.8, 4) is 6.07 Å². The van der Waals surface area contributed by atoms with Crippen LogP contribution in [0.2, 0.25) is 0 Å². The second-order valence-electron chi connectivity index (χ2n) is 3.74.